The number of nitrogens with one attached hydrogen (secondary N) is 1. The number of benzene rings is 1. The Labute approximate surface area is 154 Å². The molecule has 6 nitrogen and oxygen atoms in total. The number of aryl methyl sites for hydroxylation is 1. The highest BCUT2D eigenvalue weighted by molar-refractivity contribution is 7.16. The van der Waals surface area contributed by atoms with Crippen LogP contribution in [0.2, 0.25) is 5.02 Å². The number of ether oxygens (including phenoxy) is 2. The zero-order chi connectivity index (χ0) is 18.0. The Morgan fingerprint density at radius 1 is 1.20 bits per heavy atom. The van der Waals surface area contributed by atoms with Crippen LogP contribution in [0.5, 0.6) is 11.5 Å². The molecule has 1 amide bonds. The van der Waals surface area contributed by atoms with Crippen molar-refractivity contribution in [1.82, 2.24) is 9.55 Å². The summed E-state index contributed by atoms with van der Waals surface area (Å²) in [5, 5.41) is 3.94. The van der Waals surface area contributed by atoms with Crippen molar-refractivity contribution in [2.24, 2.45) is 0 Å². The Bertz CT molecular complexity index is 906. The maximum absolute atomic E-state index is 12.7. The van der Waals surface area contributed by atoms with Crippen molar-refractivity contribution in [2.75, 3.05) is 19.5 Å². The molecule has 0 saturated carbocycles. The molecule has 130 valence electrons. The average molecular weight is 378 g/mol. The maximum atomic E-state index is 12.7. The zero-order valence-electron chi connectivity index (χ0n) is 13.9. The minimum absolute atomic E-state index is 0.270. The van der Waals surface area contributed by atoms with Crippen molar-refractivity contribution in [1.29, 1.82) is 0 Å². The topological polar surface area (TPSA) is 65.4 Å². The predicted octanol–water partition coefficient (Wildman–Crippen LogP) is 4.17. The van der Waals surface area contributed by atoms with Gasteiger partial charge in [0.15, 0.2) is 5.13 Å². The lowest BCUT2D eigenvalue weighted by atomic mass is 10.2. The molecule has 0 bridgehead atoms. The minimum atomic E-state index is -0.270. The molecular formula is C17H16ClN3O3S. The van der Waals surface area contributed by atoms with E-state index in [1.807, 2.05) is 29.1 Å². The van der Waals surface area contributed by atoms with E-state index in [0.29, 0.717) is 32.8 Å². The molecule has 3 rings (SSSR count). The summed E-state index contributed by atoms with van der Waals surface area (Å²) in [6.45, 7) is 1.80. The normalized spacial score (nSPS) is 10.6. The zero-order valence-corrected chi connectivity index (χ0v) is 15.4. The van der Waals surface area contributed by atoms with Crippen LogP contribution in [0.15, 0.2) is 36.7 Å². The third-order valence-corrected chi connectivity index (χ3v) is 5.00. The Hall–Kier alpha value is -2.51. The highest BCUT2D eigenvalue weighted by Gasteiger charge is 2.19. The number of carbonyl (C=O) groups excluding carboxylic acids is 1. The first-order valence-electron chi connectivity index (χ1n) is 7.37. The summed E-state index contributed by atoms with van der Waals surface area (Å²) in [4.78, 5) is 17.6. The number of anilines is 1. The van der Waals surface area contributed by atoms with E-state index < -0.39 is 0 Å². The Kier molecular flexibility index (Phi) is 4.96. The van der Waals surface area contributed by atoms with Gasteiger partial charge < -0.3 is 19.4 Å². The van der Waals surface area contributed by atoms with Crippen LogP contribution in [0, 0.1) is 6.92 Å². The van der Waals surface area contributed by atoms with Crippen LogP contribution in [0.4, 0.5) is 5.69 Å². The summed E-state index contributed by atoms with van der Waals surface area (Å²) in [6.07, 6.45) is 3.76. The van der Waals surface area contributed by atoms with Gasteiger partial charge in [0.05, 0.1) is 30.6 Å². The van der Waals surface area contributed by atoms with Gasteiger partial charge in [0.25, 0.3) is 5.91 Å². The molecule has 0 aliphatic rings. The van der Waals surface area contributed by atoms with Gasteiger partial charge in [-0.05, 0) is 25.1 Å². The van der Waals surface area contributed by atoms with Crippen molar-refractivity contribution in [3.8, 4) is 16.6 Å². The lowest BCUT2D eigenvalue weighted by Gasteiger charge is -2.12. The third-order valence-electron chi connectivity index (χ3n) is 3.54. The van der Waals surface area contributed by atoms with Crippen molar-refractivity contribution >= 4 is 34.5 Å². The van der Waals surface area contributed by atoms with E-state index in [-0.39, 0.29) is 5.91 Å². The van der Waals surface area contributed by atoms with E-state index in [4.69, 9.17) is 21.1 Å². The van der Waals surface area contributed by atoms with E-state index in [2.05, 4.69) is 10.3 Å². The van der Waals surface area contributed by atoms with Crippen LogP contribution >= 0.6 is 22.9 Å². The van der Waals surface area contributed by atoms with Gasteiger partial charge in [-0.15, -0.1) is 0 Å². The molecule has 0 unspecified atom stereocenters. The first-order valence-corrected chi connectivity index (χ1v) is 8.56. The number of amides is 1. The maximum Gasteiger partial charge on any atom is 0.267 e. The molecule has 0 aliphatic carbocycles. The number of hydrogen-bond donors (Lipinski definition) is 1. The van der Waals surface area contributed by atoms with Gasteiger partial charge in [-0.1, -0.05) is 22.9 Å². The van der Waals surface area contributed by atoms with Crippen LogP contribution < -0.4 is 14.8 Å². The number of aromatic nitrogens is 2. The molecule has 0 spiro atoms. The second-order valence-corrected chi connectivity index (χ2v) is 6.53. The molecule has 0 saturated heterocycles. The molecule has 0 atom stereocenters. The number of hydrogen-bond acceptors (Lipinski definition) is 5. The fraction of sp³-hybridized carbons (Fsp3) is 0.176. The first kappa shape index (κ1) is 17.3. The van der Waals surface area contributed by atoms with Crippen molar-refractivity contribution in [2.45, 2.75) is 6.92 Å². The number of methoxy groups -OCH3 is 2. The molecule has 0 radical (unpaired) electrons. The summed E-state index contributed by atoms with van der Waals surface area (Å²) in [5.74, 6) is 0.663. The van der Waals surface area contributed by atoms with E-state index >= 15 is 0 Å². The number of rotatable bonds is 5. The van der Waals surface area contributed by atoms with Crippen molar-refractivity contribution in [3.63, 3.8) is 0 Å². The minimum Gasteiger partial charge on any atom is -0.495 e. The van der Waals surface area contributed by atoms with Crippen LogP contribution in [-0.4, -0.2) is 29.7 Å². The van der Waals surface area contributed by atoms with E-state index in [9.17, 15) is 4.79 Å². The SMILES string of the molecule is COc1cc(OC)c(NC(=O)c2sc(-n3cccc3)nc2C)cc1Cl. The Morgan fingerprint density at radius 2 is 1.88 bits per heavy atom. The van der Waals surface area contributed by atoms with Gasteiger partial charge in [0.2, 0.25) is 0 Å². The molecule has 0 aliphatic heterocycles. The number of carbonyl (C=O) groups is 1. The second kappa shape index (κ2) is 7.16. The smallest absolute Gasteiger partial charge is 0.267 e. The van der Waals surface area contributed by atoms with Crippen LogP contribution in [0.3, 0.4) is 0 Å². The second-order valence-electron chi connectivity index (χ2n) is 5.14. The molecule has 8 heteroatoms. The van der Waals surface area contributed by atoms with Gasteiger partial charge >= 0.3 is 0 Å². The quantitative estimate of drug-likeness (QED) is 0.724. The van der Waals surface area contributed by atoms with E-state index in [1.165, 1.54) is 25.6 Å². The lowest BCUT2D eigenvalue weighted by Crippen LogP contribution is -2.12. The summed E-state index contributed by atoms with van der Waals surface area (Å²) in [7, 11) is 3.03. The van der Waals surface area contributed by atoms with Gasteiger partial charge in [-0.2, -0.15) is 0 Å². The predicted molar refractivity (Wildman–Crippen MR) is 98.7 cm³/mol. The Morgan fingerprint density at radius 3 is 2.52 bits per heavy atom. The van der Waals surface area contributed by atoms with E-state index in [1.54, 1.807) is 19.1 Å². The van der Waals surface area contributed by atoms with Crippen LogP contribution in [0.25, 0.3) is 5.13 Å². The summed E-state index contributed by atoms with van der Waals surface area (Å²) in [5.41, 5.74) is 1.12. The van der Waals surface area contributed by atoms with Gasteiger partial charge in [0.1, 0.15) is 16.4 Å². The summed E-state index contributed by atoms with van der Waals surface area (Å²) < 4.78 is 12.3. The monoisotopic (exact) mass is 377 g/mol. The lowest BCUT2D eigenvalue weighted by molar-refractivity contribution is 0.102. The van der Waals surface area contributed by atoms with Gasteiger partial charge in [-0.3, -0.25) is 4.79 Å². The van der Waals surface area contributed by atoms with Gasteiger partial charge in [-0.25, -0.2) is 4.98 Å². The molecule has 0 fully saturated rings. The molecule has 2 heterocycles. The van der Waals surface area contributed by atoms with Crippen LogP contribution in [-0.2, 0) is 0 Å². The third kappa shape index (κ3) is 3.47. The summed E-state index contributed by atoms with van der Waals surface area (Å²) in [6, 6.07) is 7.03. The van der Waals surface area contributed by atoms with Crippen LogP contribution in [0.1, 0.15) is 15.4 Å². The average Bonchev–Trinajstić information content (AvgIpc) is 3.24. The number of thiazole rings is 1. The number of halogens is 1. The fourth-order valence-electron chi connectivity index (χ4n) is 2.30. The molecular weight excluding hydrogens is 362 g/mol. The largest absolute Gasteiger partial charge is 0.495 e. The Balaban J connectivity index is 1.89. The molecule has 1 aromatic carbocycles. The molecule has 3 aromatic rings. The van der Waals surface area contributed by atoms with E-state index in [0.717, 1.165) is 5.13 Å². The fourth-order valence-corrected chi connectivity index (χ4v) is 3.47. The van der Waals surface area contributed by atoms with Gasteiger partial charge in [0, 0.05) is 18.5 Å². The highest BCUT2D eigenvalue weighted by Crippen LogP contribution is 2.36. The number of nitrogens with zero attached hydrogens (tertiary/aromatic N) is 2. The summed E-state index contributed by atoms with van der Waals surface area (Å²) >= 11 is 7.46. The molecule has 25 heavy (non-hydrogen) atoms. The first-order chi connectivity index (χ1) is 12.0. The van der Waals surface area contributed by atoms with Crippen molar-refractivity contribution in [3.05, 3.63) is 52.3 Å². The molecule has 2 aromatic heterocycles. The van der Waals surface area contributed by atoms with Crippen molar-refractivity contribution < 1.29 is 14.3 Å². The molecule has 1 N–H and O–H groups in total. The standard InChI is InChI=1S/C17H16ClN3O3S/c1-10-15(25-17(19-10)21-6-4-5-7-21)16(22)20-12-8-11(18)13(23-2)9-14(12)24-3/h4-9H,1-3H3,(H,20,22). The highest BCUT2D eigenvalue weighted by atomic mass is 35.5.